The maximum absolute atomic E-state index is 12.7. The average Bonchev–Trinajstić information content (AvgIpc) is 3.24. The van der Waals surface area contributed by atoms with Gasteiger partial charge in [0, 0.05) is 0 Å². The van der Waals surface area contributed by atoms with Crippen molar-refractivity contribution >= 4 is 30.8 Å². The third-order valence-corrected chi connectivity index (χ3v) is 7.24. The van der Waals surface area contributed by atoms with Gasteiger partial charge in [-0.1, -0.05) is 35.9 Å². The van der Waals surface area contributed by atoms with E-state index in [9.17, 15) is 27.0 Å². The molecule has 0 radical (unpaired) electrons. The highest BCUT2D eigenvalue weighted by Crippen LogP contribution is 2.18. The van der Waals surface area contributed by atoms with Crippen molar-refractivity contribution in [1.82, 2.24) is 11.1 Å². The molecule has 2 aromatic rings. The van der Waals surface area contributed by atoms with E-state index in [4.69, 9.17) is 4.18 Å². The Balaban J connectivity index is 1.63. The summed E-state index contributed by atoms with van der Waals surface area (Å²) in [5.41, 5.74) is 6.20. The Bertz CT molecular complexity index is 1140. The Morgan fingerprint density at radius 3 is 2.29 bits per heavy atom. The Labute approximate surface area is 179 Å². The molecule has 11 nitrogen and oxygen atoms in total. The van der Waals surface area contributed by atoms with Crippen molar-refractivity contribution in [2.45, 2.75) is 24.0 Å². The van der Waals surface area contributed by atoms with E-state index >= 15 is 0 Å². The molecule has 1 heterocycles. The highest BCUT2D eigenvalue weighted by molar-refractivity contribution is 8.06. The maximum atomic E-state index is 12.7. The quantitative estimate of drug-likeness (QED) is 0.375. The largest absolute Gasteiger partial charge is 0.389 e. The highest BCUT2D eigenvalue weighted by Gasteiger charge is 2.35. The predicted molar refractivity (Wildman–Crippen MR) is 113 cm³/mol. The Morgan fingerprint density at radius 2 is 1.65 bits per heavy atom. The molecule has 4 N–H and O–H groups in total. The van der Waals surface area contributed by atoms with Crippen molar-refractivity contribution in [3.05, 3.63) is 60.2 Å². The molecule has 168 valence electrons. The first-order chi connectivity index (χ1) is 14.6. The summed E-state index contributed by atoms with van der Waals surface area (Å²) in [4.78, 5) is -0.122. The summed E-state index contributed by atoms with van der Waals surface area (Å²) in [5, 5.41) is 24.7. The van der Waals surface area contributed by atoms with E-state index in [1.165, 1.54) is 12.1 Å². The summed E-state index contributed by atoms with van der Waals surface area (Å²) >= 11 is 0. The smallest absolute Gasteiger partial charge is 0.297 e. The lowest BCUT2D eigenvalue weighted by Gasteiger charge is -2.21. The van der Waals surface area contributed by atoms with Crippen LogP contribution in [0.25, 0.3) is 0 Å². The van der Waals surface area contributed by atoms with E-state index in [2.05, 4.69) is 16.2 Å². The van der Waals surface area contributed by atoms with E-state index in [1.54, 1.807) is 49.4 Å². The molecule has 2 atom stereocenters. The minimum absolute atomic E-state index is 0.122. The number of aliphatic hydroxyl groups is 2. The van der Waals surface area contributed by atoms with Crippen LogP contribution in [0.4, 0.5) is 5.69 Å². The van der Waals surface area contributed by atoms with Gasteiger partial charge in [0.25, 0.3) is 15.3 Å². The second kappa shape index (κ2) is 9.30. The van der Waals surface area contributed by atoms with E-state index in [1.807, 2.05) is 0 Å². The van der Waals surface area contributed by atoms with Gasteiger partial charge < -0.3 is 10.2 Å². The van der Waals surface area contributed by atoms with Crippen LogP contribution >= 0.6 is 0 Å². The molecule has 1 aliphatic heterocycles. The van der Waals surface area contributed by atoms with E-state index in [-0.39, 0.29) is 4.90 Å². The molecule has 3 rings (SSSR count). The summed E-state index contributed by atoms with van der Waals surface area (Å²) in [6.45, 7) is 0.967. The first-order valence-corrected chi connectivity index (χ1v) is 12.1. The molecule has 0 amide bonds. The molecule has 0 aromatic heterocycles. The van der Waals surface area contributed by atoms with Crippen LogP contribution in [-0.2, 0) is 24.1 Å². The normalized spacial score (nSPS) is 16.5. The van der Waals surface area contributed by atoms with Crippen LogP contribution in [0.15, 0.2) is 64.6 Å². The van der Waals surface area contributed by atoms with Gasteiger partial charge in [0.1, 0.15) is 6.10 Å². The molecule has 0 spiro atoms. The monoisotopic (exact) mass is 470 g/mol. The molecule has 0 fully saturated rings. The molecule has 31 heavy (non-hydrogen) atoms. The van der Waals surface area contributed by atoms with Gasteiger partial charge in [-0.25, -0.2) is 19.0 Å². The lowest BCUT2D eigenvalue weighted by molar-refractivity contribution is 0.00557. The second-order valence-electron chi connectivity index (χ2n) is 6.76. The number of amidine groups is 1. The van der Waals surface area contributed by atoms with Gasteiger partial charge in [-0.15, -0.1) is 10.6 Å². The van der Waals surface area contributed by atoms with Gasteiger partial charge in [0.05, 0.1) is 29.0 Å². The highest BCUT2D eigenvalue weighted by atomic mass is 32.2. The molecule has 1 aliphatic rings. The van der Waals surface area contributed by atoms with Crippen molar-refractivity contribution < 1.29 is 31.2 Å². The zero-order valence-electron chi connectivity index (χ0n) is 16.4. The van der Waals surface area contributed by atoms with Gasteiger partial charge in [0.15, 0.2) is 0 Å². The van der Waals surface area contributed by atoms with Gasteiger partial charge in [-0.05, 0) is 31.2 Å². The minimum atomic E-state index is -4.18. The number of aliphatic hydroxyl groups excluding tert-OH is 2. The lowest BCUT2D eigenvalue weighted by atomic mass is 10.2. The van der Waals surface area contributed by atoms with Gasteiger partial charge in [-0.3, -0.25) is 4.18 Å². The lowest BCUT2D eigenvalue weighted by Crippen LogP contribution is -2.46. The first kappa shape index (κ1) is 23.1. The number of rotatable bonds is 8. The zero-order valence-corrected chi connectivity index (χ0v) is 18.0. The zero-order chi connectivity index (χ0) is 22.6. The number of anilines is 1. The Hall–Kier alpha value is -2.55. The number of aryl methyl sites for hydroxylation is 1. The van der Waals surface area contributed by atoms with Crippen molar-refractivity contribution in [3.63, 3.8) is 0 Å². The molecule has 13 heteroatoms. The van der Waals surface area contributed by atoms with E-state index < -0.39 is 49.7 Å². The van der Waals surface area contributed by atoms with Crippen LogP contribution < -0.4 is 16.1 Å². The molecule has 0 saturated heterocycles. The molecule has 0 unspecified atom stereocenters. The summed E-state index contributed by atoms with van der Waals surface area (Å²) < 4.78 is 54.6. The molecule has 0 bridgehead atoms. The second-order valence-corrected chi connectivity index (χ2v) is 10.3. The third-order valence-electron chi connectivity index (χ3n) is 4.34. The molecular weight excluding hydrogens is 448 g/mol. The summed E-state index contributed by atoms with van der Waals surface area (Å²) in [6.07, 6.45) is -3.60. The molecule has 0 aliphatic carbocycles. The predicted octanol–water partition coefficient (Wildman–Crippen LogP) is -0.363. The SMILES string of the molecule is Cc1ccc(S(=O)(=O)OC[C@H](O)[C@@H](O)CS(=O)(=O)C2=NNNN2c2ccccc2)cc1. The van der Waals surface area contributed by atoms with Crippen LogP contribution in [0, 0.1) is 6.92 Å². The Kier molecular flexibility index (Phi) is 6.93. The maximum Gasteiger partial charge on any atom is 0.297 e. The van der Waals surface area contributed by atoms with Crippen LogP contribution in [0.2, 0.25) is 0 Å². The molecule has 2 aromatic carbocycles. The number of benzene rings is 2. The third kappa shape index (κ3) is 5.58. The standard InChI is InChI=1S/C18H22N4O7S2/c1-13-7-9-15(10-8-13)31(27,28)29-11-16(23)17(24)12-30(25,26)18-19-20-21-22(18)14-5-3-2-4-6-14/h2-10,16-17,20-21,23-24H,11-12H2,1H3/t16-,17-/m0/s1. The van der Waals surface area contributed by atoms with Crippen LogP contribution in [0.1, 0.15) is 5.56 Å². The van der Waals surface area contributed by atoms with Crippen LogP contribution in [-0.4, -0.2) is 56.8 Å². The number of nitrogens with one attached hydrogen (secondary N) is 2. The number of hydrogen-bond donors (Lipinski definition) is 4. The van der Waals surface area contributed by atoms with E-state index in [0.29, 0.717) is 5.69 Å². The van der Waals surface area contributed by atoms with Crippen LogP contribution in [0.5, 0.6) is 0 Å². The van der Waals surface area contributed by atoms with Crippen molar-refractivity contribution in [3.8, 4) is 0 Å². The van der Waals surface area contributed by atoms with Gasteiger partial charge >= 0.3 is 0 Å². The summed E-state index contributed by atoms with van der Waals surface area (Å²) in [7, 11) is -8.36. The first-order valence-electron chi connectivity index (χ1n) is 9.09. The Morgan fingerprint density at radius 1 is 1.00 bits per heavy atom. The van der Waals surface area contributed by atoms with Crippen molar-refractivity contribution in [1.29, 1.82) is 0 Å². The van der Waals surface area contributed by atoms with Gasteiger partial charge in [0.2, 0.25) is 9.84 Å². The summed E-state index contributed by atoms with van der Waals surface area (Å²) in [6, 6.07) is 14.3. The van der Waals surface area contributed by atoms with Crippen molar-refractivity contribution in [2.75, 3.05) is 17.4 Å². The number of sulfone groups is 1. The molecule has 0 saturated carbocycles. The van der Waals surface area contributed by atoms with Crippen LogP contribution in [0.3, 0.4) is 0 Å². The van der Waals surface area contributed by atoms with Crippen molar-refractivity contribution in [2.24, 2.45) is 5.10 Å². The number of para-hydroxylation sites is 1. The average molecular weight is 471 g/mol. The number of hydrogen-bond acceptors (Lipinski definition) is 11. The fraction of sp³-hybridized carbons (Fsp3) is 0.278. The minimum Gasteiger partial charge on any atom is -0.389 e. The number of hydrazine groups is 2. The van der Waals surface area contributed by atoms with Gasteiger partial charge in [-0.2, -0.15) is 8.42 Å². The number of nitrogens with zero attached hydrogens (tertiary/aromatic N) is 2. The summed E-state index contributed by atoms with van der Waals surface area (Å²) in [5.74, 6) is -0.909. The van der Waals surface area contributed by atoms with E-state index in [0.717, 1.165) is 10.6 Å². The topological polar surface area (TPSA) is 158 Å². The fourth-order valence-corrected chi connectivity index (χ4v) is 4.99. The molecular formula is C18H22N4O7S2. The number of hydrazone groups is 1. The fourth-order valence-electron chi connectivity index (χ4n) is 2.64.